The van der Waals surface area contributed by atoms with Crippen LogP contribution in [0.1, 0.15) is 22.3 Å². The quantitative estimate of drug-likeness (QED) is 0.161. The van der Waals surface area contributed by atoms with Crippen molar-refractivity contribution in [2.45, 2.75) is 5.41 Å². The monoisotopic (exact) mass is 687 g/mol. The molecule has 0 atom stereocenters. The molecule has 1 heteroatoms. The number of rotatable bonds is 7. The molecule has 0 aromatic heterocycles. The van der Waals surface area contributed by atoms with E-state index in [1.54, 1.807) is 0 Å². The van der Waals surface area contributed by atoms with Gasteiger partial charge in [-0.05, 0) is 109 Å². The third kappa shape index (κ3) is 5.17. The Morgan fingerprint density at radius 1 is 0.296 bits per heavy atom. The molecule has 1 aliphatic rings. The summed E-state index contributed by atoms with van der Waals surface area (Å²) in [5.41, 5.74) is 15.6. The van der Waals surface area contributed by atoms with Crippen molar-refractivity contribution in [1.29, 1.82) is 0 Å². The minimum Gasteiger partial charge on any atom is -0.311 e. The summed E-state index contributed by atoms with van der Waals surface area (Å²) < 4.78 is 0. The molecule has 0 saturated carbocycles. The lowest BCUT2D eigenvalue weighted by atomic mass is 9.68. The highest BCUT2D eigenvalue weighted by Crippen LogP contribution is 2.56. The summed E-state index contributed by atoms with van der Waals surface area (Å²) in [5, 5.41) is 2.51. The maximum absolute atomic E-state index is 2.35. The standard InChI is InChI=1S/C53H37N/c1-4-15-39(16-5-1)47-24-14-17-40-27-28-41(37-50(40)47)38-29-33-45(34-30-38)54(44-20-8-3-9-21-44)46-35-31-43(32-36-46)53(42-18-6-2-7-19-42)51-25-12-10-22-48(51)49-23-11-13-26-52(49)53/h1-37H. The second-order valence-electron chi connectivity index (χ2n) is 14.1. The van der Waals surface area contributed by atoms with Crippen LogP contribution in [0.4, 0.5) is 17.1 Å². The zero-order chi connectivity index (χ0) is 35.9. The molecule has 0 heterocycles. The van der Waals surface area contributed by atoms with E-state index in [1.807, 2.05) is 0 Å². The van der Waals surface area contributed by atoms with Crippen LogP contribution in [0.15, 0.2) is 224 Å². The summed E-state index contributed by atoms with van der Waals surface area (Å²) in [6.07, 6.45) is 0. The molecule has 9 aromatic carbocycles. The topological polar surface area (TPSA) is 3.24 Å². The van der Waals surface area contributed by atoms with Gasteiger partial charge in [-0.1, -0.05) is 182 Å². The first-order chi connectivity index (χ1) is 26.8. The van der Waals surface area contributed by atoms with Gasteiger partial charge in [0.2, 0.25) is 0 Å². The van der Waals surface area contributed by atoms with Crippen molar-refractivity contribution < 1.29 is 0 Å². The van der Waals surface area contributed by atoms with Crippen LogP contribution in [-0.2, 0) is 5.41 Å². The van der Waals surface area contributed by atoms with Crippen LogP contribution in [0, 0.1) is 0 Å². The molecule has 0 spiro atoms. The maximum Gasteiger partial charge on any atom is 0.0713 e. The fraction of sp³-hybridized carbons (Fsp3) is 0.0189. The molecule has 0 amide bonds. The SMILES string of the molecule is c1ccc(-c2cccc3ccc(-c4ccc(N(c5ccccc5)c5ccc(C6(c7ccccc7)c7ccccc7-c7ccccc76)cc5)cc4)cc23)cc1. The molecule has 1 aliphatic carbocycles. The summed E-state index contributed by atoms with van der Waals surface area (Å²) in [5.74, 6) is 0. The largest absolute Gasteiger partial charge is 0.311 e. The van der Waals surface area contributed by atoms with E-state index in [0.29, 0.717) is 0 Å². The van der Waals surface area contributed by atoms with Crippen LogP contribution >= 0.6 is 0 Å². The van der Waals surface area contributed by atoms with Crippen LogP contribution < -0.4 is 4.90 Å². The van der Waals surface area contributed by atoms with E-state index in [2.05, 4.69) is 229 Å². The molecule has 0 saturated heterocycles. The van der Waals surface area contributed by atoms with E-state index < -0.39 is 5.41 Å². The van der Waals surface area contributed by atoms with Crippen LogP contribution in [0.2, 0.25) is 0 Å². The molecule has 254 valence electrons. The van der Waals surface area contributed by atoms with Gasteiger partial charge in [-0.25, -0.2) is 0 Å². The average molecular weight is 688 g/mol. The summed E-state index contributed by atoms with van der Waals surface area (Å²) in [6, 6.07) is 81.8. The van der Waals surface area contributed by atoms with Crippen molar-refractivity contribution in [2.24, 2.45) is 0 Å². The van der Waals surface area contributed by atoms with E-state index in [1.165, 1.54) is 66.4 Å². The van der Waals surface area contributed by atoms with E-state index >= 15 is 0 Å². The lowest BCUT2D eigenvalue weighted by molar-refractivity contribution is 0.768. The lowest BCUT2D eigenvalue weighted by Crippen LogP contribution is -2.28. The van der Waals surface area contributed by atoms with Crippen molar-refractivity contribution in [2.75, 3.05) is 4.90 Å². The van der Waals surface area contributed by atoms with Crippen molar-refractivity contribution >= 4 is 27.8 Å². The van der Waals surface area contributed by atoms with Crippen LogP contribution in [0.5, 0.6) is 0 Å². The Hall–Kier alpha value is -6.96. The van der Waals surface area contributed by atoms with Crippen molar-refractivity contribution in [3.8, 4) is 33.4 Å². The Labute approximate surface area is 317 Å². The van der Waals surface area contributed by atoms with E-state index in [4.69, 9.17) is 0 Å². The van der Waals surface area contributed by atoms with Gasteiger partial charge in [0.1, 0.15) is 0 Å². The van der Waals surface area contributed by atoms with Gasteiger partial charge in [0.25, 0.3) is 0 Å². The van der Waals surface area contributed by atoms with Crippen LogP contribution in [0.3, 0.4) is 0 Å². The Balaban J connectivity index is 1.06. The molecule has 10 rings (SSSR count). The Kier molecular flexibility index (Phi) is 7.78. The zero-order valence-electron chi connectivity index (χ0n) is 29.8. The predicted octanol–water partition coefficient (Wildman–Crippen LogP) is 14.0. The Bertz CT molecular complexity index is 2690. The highest BCUT2D eigenvalue weighted by Gasteiger charge is 2.45. The molecule has 9 aromatic rings. The zero-order valence-corrected chi connectivity index (χ0v) is 29.8. The van der Waals surface area contributed by atoms with Gasteiger partial charge in [0, 0.05) is 17.1 Å². The second-order valence-corrected chi connectivity index (χ2v) is 14.1. The maximum atomic E-state index is 2.35. The first-order valence-electron chi connectivity index (χ1n) is 18.7. The van der Waals surface area contributed by atoms with Gasteiger partial charge < -0.3 is 4.90 Å². The van der Waals surface area contributed by atoms with Gasteiger partial charge in [-0.2, -0.15) is 0 Å². The highest BCUT2D eigenvalue weighted by molar-refractivity contribution is 5.99. The lowest BCUT2D eigenvalue weighted by Gasteiger charge is -2.34. The average Bonchev–Trinajstić information content (AvgIpc) is 3.56. The Morgan fingerprint density at radius 2 is 0.778 bits per heavy atom. The molecule has 0 fully saturated rings. The number of para-hydroxylation sites is 1. The van der Waals surface area contributed by atoms with Gasteiger partial charge in [-0.3, -0.25) is 0 Å². The second kappa shape index (κ2) is 13.2. The number of hydrogen-bond donors (Lipinski definition) is 0. The summed E-state index contributed by atoms with van der Waals surface area (Å²) in [4.78, 5) is 2.35. The molecule has 1 nitrogen and oxygen atoms in total. The normalized spacial score (nSPS) is 12.6. The number of hydrogen-bond acceptors (Lipinski definition) is 1. The number of benzene rings is 9. The van der Waals surface area contributed by atoms with E-state index in [-0.39, 0.29) is 0 Å². The third-order valence-corrected chi connectivity index (χ3v) is 11.2. The smallest absolute Gasteiger partial charge is 0.0713 e. The van der Waals surface area contributed by atoms with E-state index in [9.17, 15) is 0 Å². The minimum absolute atomic E-state index is 0.424. The highest BCUT2D eigenvalue weighted by atomic mass is 15.1. The first-order valence-corrected chi connectivity index (χ1v) is 18.7. The molecule has 0 radical (unpaired) electrons. The number of fused-ring (bicyclic) bond motifs is 4. The van der Waals surface area contributed by atoms with Crippen molar-refractivity contribution in [3.63, 3.8) is 0 Å². The molecule has 0 aliphatic heterocycles. The molecule has 0 N–H and O–H groups in total. The molecular formula is C53H37N. The van der Waals surface area contributed by atoms with E-state index in [0.717, 1.165) is 17.1 Å². The predicted molar refractivity (Wildman–Crippen MR) is 227 cm³/mol. The summed E-state index contributed by atoms with van der Waals surface area (Å²) >= 11 is 0. The van der Waals surface area contributed by atoms with Gasteiger partial charge in [0.05, 0.1) is 5.41 Å². The number of anilines is 3. The van der Waals surface area contributed by atoms with Crippen LogP contribution in [0.25, 0.3) is 44.2 Å². The van der Waals surface area contributed by atoms with Crippen LogP contribution in [-0.4, -0.2) is 0 Å². The first kappa shape index (κ1) is 31.7. The van der Waals surface area contributed by atoms with Gasteiger partial charge >= 0.3 is 0 Å². The molecule has 54 heavy (non-hydrogen) atoms. The molecular weight excluding hydrogens is 651 g/mol. The fourth-order valence-corrected chi connectivity index (χ4v) is 8.72. The summed E-state index contributed by atoms with van der Waals surface area (Å²) in [7, 11) is 0. The molecule has 0 unspecified atom stereocenters. The van der Waals surface area contributed by atoms with Crippen molar-refractivity contribution in [1.82, 2.24) is 0 Å². The molecule has 0 bridgehead atoms. The van der Waals surface area contributed by atoms with Gasteiger partial charge in [0.15, 0.2) is 0 Å². The van der Waals surface area contributed by atoms with Crippen molar-refractivity contribution in [3.05, 3.63) is 247 Å². The fourth-order valence-electron chi connectivity index (χ4n) is 8.72. The minimum atomic E-state index is -0.424. The number of nitrogens with zero attached hydrogens (tertiary/aromatic N) is 1. The third-order valence-electron chi connectivity index (χ3n) is 11.2. The summed E-state index contributed by atoms with van der Waals surface area (Å²) in [6.45, 7) is 0. The van der Waals surface area contributed by atoms with Gasteiger partial charge in [-0.15, -0.1) is 0 Å². The Morgan fingerprint density at radius 3 is 1.43 bits per heavy atom.